The molecule has 1 amide bonds. The molecule has 0 heterocycles. The van der Waals surface area contributed by atoms with E-state index in [1.54, 1.807) is 0 Å². The topological polar surface area (TPSA) is 107 Å². The highest BCUT2D eigenvalue weighted by Crippen LogP contribution is 2.21. The normalized spacial score (nSPS) is 10.8. The second-order valence-corrected chi connectivity index (χ2v) is 6.58. The zero-order valence-electron chi connectivity index (χ0n) is 12.8. The van der Waals surface area contributed by atoms with Gasteiger partial charge in [0.1, 0.15) is 4.90 Å². The van der Waals surface area contributed by atoms with E-state index in [9.17, 15) is 18.0 Å². The first kappa shape index (κ1) is 19.9. The van der Waals surface area contributed by atoms with Gasteiger partial charge in [-0.05, 0) is 18.2 Å². The Morgan fingerprint density at radius 3 is 2.33 bits per heavy atom. The molecule has 0 unspecified atom stereocenters. The molecule has 0 atom stereocenters. The number of carbonyl (C=O) groups excluding carboxylic acids is 2. The summed E-state index contributed by atoms with van der Waals surface area (Å²) < 4.78 is 27.7. The molecule has 1 rings (SSSR count). The highest BCUT2D eigenvalue weighted by molar-refractivity contribution is 7.89. The molecule has 0 aliphatic rings. The number of ether oxygens (including phenoxy) is 1. The Labute approximate surface area is 145 Å². The lowest BCUT2D eigenvalue weighted by Crippen LogP contribution is -2.35. The number of carbonyl (C=O) groups is 2. The maximum atomic E-state index is 12.0. The third kappa shape index (κ3) is 5.48. The predicted molar refractivity (Wildman–Crippen MR) is 90.1 cm³/mol. The van der Waals surface area contributed by atoms with Gasteiger partial charge in [-0.25, -0.2) is 18.4 Å². The maximum absolute atomic E-state index is 12.0. The van der Waals surface area contributed by atoms with Crippen LogP contribution < -0.4 is 5.14 Å². The van der Waals surface area contributed by atoms with E-state index >= 15 is 0 Å². The van der Waals surface area contributed by atoms with Crippen molar-refractivity contribution >= 4 is 33.5 Å². The monoisotopic (exact) mass is 372 g/mol. The van der Waals surface area contributed by atoms with Crippen molar-refractivity contribution in [3.05, 3.63) is 54.1 Å². The van der Waals surface area contributed by atoms with Gasteiger partial charge in [-0.15, -0.1) is 13.2 Å². The van der Waals surface area contributed by atoms with Crippen molar-refractivity contribution in [3.8, 4) is 0 Å². The smallest absolute Gasteiger partial charge is 0.338 e. The van der Waals surface area contributed by atoms with E-state index in [1.807, 2.05) is 0 Å². The molecule has 24 heavy (non-hydrogen) atoms. The minimum Gasteiger partial charge on any atom is -0.452 e. The van der Waals surface area contributed by atoms with Crippen molar-refractivity contribution in [3.63, 3.8) is 0 Å². The number of primary sulfonamides is 1. The zero-order valence-corrected chi connectivity index (χ0v) is 14.3. The Morgan fingerprint density at radius 1 is 1.25 bits per heavy atom. The Balaban J connectivity index is 2.84. The molecule has 0 bridgehead atoms. The summed E-state index contributed by atoms with van der Waals surface area (Å²) in [6, 6.07) is 3.48. The summed E-state index contributed by atoms with van der Waals surface area (Å²) in [5.41, 5.74) is -0.0878. The van der Waals surface area contributed by atoms with E-state index < -0.39 is 33.4 Å². The van der Waals surface area contributed by atoms with Crippen LogP contribution >= 0.6 is 11.6 Å². The van der Waals surface area contributed by atoms with Crippen molar-refractivity contribution in [2.24, 2.45) is 5.14 Å². The molecule has 1 aromatic rings. The molecule has 0 fully saturated rings. The van der Waals surface area contributed by atoms with Gasteiger partial charge in [-0.3, -0.25) is 4.79 Å². The third-order valence-corrected chi connectivity index (χ3v) is 4.24. The molecule has 0 spiro atoms. The van der Waals surface area contributed by atoms with E-state index in [-0.39, 0.29) is 23.7 Å². The standard InChI is InChI=1S/C15H17ClN2O5S/c1-3-7-18(8-4-2)14(19)10-23-15(20)11-5-6-12(16)13(9-11)24(17,21)22/h3-6,9H,1-2,7-8,10H2,(H2,17,21,22). The van der Waals surface area contributed by atoms with Gasteiger partial charge < -0.3 is 9.64 Å². The fraction of sp³-hybridized carbons (Fsp3) is 0.200. The lowest BCUT2D eigenvalue weighted by atomic mass is 10.2. The number of nitrogens with two attached hydrogens (primary N) is 1. The maximum Gasteiger partial charge on any atom is 0.338 e. The first-order chi connectivity index (χ1) is 11.2. The number of halogens is 1. The molecule has 9 heteroatoms. The van der Waals surface area contributed by atoms with E-state index in [4.69, 9.17) is 21.5 Å². The summed E-state index contributed by atoms with van der Waals surface area (Å²) in [7, 11) is -4.09. The largest absolute Gasteiger partial charge is 0.452 e. The van der Waals surface area contributed by atoms with E-state index in [0.717, 1.165) is 6.07 Å². The summed E-state index contributed by atoms with van der Waals surface area (Å²) in [5.74, 6) is -1.31. The predicted octanol–water partition coefficient (Wildman–Crippen LogP) is 1.34. The van der Waals surface area contributed by atoms with Crippen LogP contribution in [0.3, 0.4) is 0 Å². The Morgan fingerprint density at radius 2 is 1.83 bits per heavy atom. The first-order valence-corrected chi connectivity index (χ1v) is 8.62. The van der Waals surface area contributed by atoms with Crippen LogP contribution in [-0.2, 0) is 19.6 Å². The molecule has 1 aromatic carbocycles. The minimum absolute atomic E-state index is 0.0878. The number of hydrogen-bond acceptors (Lipinski definition) is 5. The first-order valence-electron chi connectivity index (χ1n) is 6.69. The van der Waals surface area contributed by atoms with E-state index in [1.165, 1.54) is 29.2 Å². The van der Waals surface area contributed by atoms with Gasteiger partial charge in [-0.2, -0.15) is 0 Å². The molecule has 0 radical (unpaired) electrons. The molecule has 0 saturated carbocycles. The van der Waals surface area contributed by atoms with Crippen molar-refractivity contribution in [2.75, 3.05) is 19.7 Å². The number of sulfonamides is 1. The fourth-order valence-corrected chi connectivity index (χ4v) is 2.81. The average molecular weight is 373 g/mol. The van der Waals surface area contributed by atoms with Gasteiger partial charge in [0, 0.05) is 13.1 Å². The van der Waals surface area contributed by atoms with Crippen LogP contribution in [0.1, 0.15) is 10.4 Å². The van der Waals surface area contributed by atoms with Crippen LogP contribution in [0, 0.1) is 0 Å². The summed E-state index contributed by atoms with van der Waals surface area (Å²) in [5, 5.41) is 4.89. The second-order valence-electron chi connectivity index (χ2n) is 4.64. The number of amides is 1. The van der Waals surface area contributed by atoms with Gasteiger partial charge in [0.15, 0.2) is 6.61 Å². The van der Waals surface area contributed by atoms with Crippen molar-refractivity contribution < 1.29 is 22.7 Å². The number of nitrogens with zero attached hydrogens (tertiary/aromatic N) is 1. The van der Waals surface area contributed by atoms with Gasteiger partial charge in [0.05, 0.1) is 10.6 Å². The lowest BCUT2D eigenvalue weighted by molar-refractivity contribution is -0.133. The zero-order chi connectivity index (χ0) is 18.3. The number of esters is 1. The molecule has 0 aliphatic carbocycles. The molecular formula is C15H17ClN2O5S. The minimum atomic E-state index is -4.09. The summed E-state index contributed by atoms with van der Waals surface area (Å²) in [6.45, 7) is 7.11. The van der Waals surface area contributed by atoms with Crippen LogP contribution in [0.15, 0.2) is 48.4 Å². The summed E-state index contributed by atoms with van der Waals surface area (Å²) in [4.78, 5) is 24.9. The number of rotatable bonds is 8. The summed E-state index contributed by atoms with van der Waals surface area (Å²) >= 11 is 5.73. The highest BCUT2D eigenvalue weighted by atomic mass is 35.5. The molecule has 0 aliphatic heterocycles. The highest BCUT2D eigenvalue weighted by Gasteiger charge is 2.19. The van der Waals surface area contributed by atoms with Crippen LogP contribution in [-0.4, -0.2) is 44.9 Å². The Bertz CT molecular complexity index is 751. The van der Waals surface area contributed by atoms with Gasteiger partial charge in [-0.1, -0.05) is 23.8 Å². The van der Waals surface area contributed by atoms with Gasteiger partial charge >= 0.3 is 5.97 Å². The second kappa shape index (κ2) is 8.62. The van der Waals surface area contributed by atoms with Crippen molar-refractivity contribution in [1.82, 2.24) is 4.90 Å². The lowest BCUT2D eigenvalue weighted by Gasteiger charge is -2.19. The van der Waals surface area contributed by atoms with Crippen molar-refractivity contribution in [1.29, 1.82) is 0 Å². The van der Waals surface area contributed by atoms with E-state index in [2.05, 4.69) is 13.2 Å². The third-order valence-electron chi connectivity index (χ3n) is 2.85. The average Bonchev–Trinajstić information content (AvgIpc) is 2.51. The molecule has 7 nitrogen and oxygen atoms in total. The quantitative estimate of drug-likeness (QED) is 0.547. The van der Waals surface area contributed by atoms with Crippen molar-refractivity contribution in [2.45, 2.75) is 4.90 Å². The number of benzene rings is 1. The van der Waals surface area contributed by atoms with E-state index in [0.29, 0.717) is 0 Å². The van der Waals surface area contributed by atoms with Crippen LogP contribution in [0.4, 0.5) is 0 Å². The molecule has 130 valence electrons. The molecular weight excluding hydrogens is 356 g/mol. The fourth-order valence-electron chi connectivity index (χ4n) is 1.74. The van der Waals surface area contributed by atoms with Crippen LogP contribution in [0.25, 0.3) is 0 Å². The molecule has 0 saturated heterocycles. The number of hydrogen-bond donors (Lipinski definition) is 1. The molecule has 2 N–H and O–H groups in total. The van der Waals surface area contributed by atoms with Crippen LogP contribution in [0.5, 0.6) is 0 Å². The Hall–Kier alpha value is -2.16. The van der Waals surface area contributed by atoms with Gasteiger partial charge in [0.2, 0.25) is 10.0 Å². The van der Waals surface area contributed by atoms with Gasteiger partial charge in [0.25, 0.3) is 5.91 Å². The summed E-state index contributed by atoms with van der Waals surface area (Å²) in [6.07, 6.45) is 3.06. The SMILES string of the molecule is C=CCN(CC=C)C(=O)COC(=O)c1ccc(Cl)c(S(N)(=O)=O)c1. The Kier molecular flexibility index (Phi) is 7.15. The molecule has 0 aromatic heterocycles. The van der Waals surface area contributed by atoms with Crippen LogP contribution in [0.2, 0.25) is 5.02 Å².